The minimum absolute atomic E-state index is 0.127. The van der Waals surface area contributed by atoms with E-state index in [9.17, 15) is 4.79 Å². The third kappa shape index (κ3) is 3.81. The summed E-state index contributed by atoms with van der Waals surface area (Å²) in [6, 6.07) is 9.04. The van der Waals surface area contributed by atoms with E-state index in [1.807, 2.05) is 19.1 Å². The predicted octanol–water partition coefficient (Wildman–Crippen LogP) is 3.17. The van der Waals surface area contributed by atoms with Crippen LogP contribution in [0.25, 0.3) is 0 Å². The number of benzene rings is 1. The van der Waals surface area contributed by atoms with E-state index >= 15 is 0 Å². The zero-order chi connectivity index (χ0) is 14.4. The quantitative estimate of drug-likeness (QED) is 0.913. The molecule has 0 saturated heterocycles. The molecule has 0 spiro atoms. The number of pyridine rings is 1. The molecule has 2 aromatic rings. The van der Waals surface area contributed by atoms with E-state index in [1.54, 1.807) is 30.6 Å². The van der Waals surface area contributed by atoms with Crippen LogP contribution < -0.4 is 10.1 Å². The fraction of sp³-hybridized carbons (Fsp3) is 0.200. The van der Waals surface area contributed by atoms with Gasteiger partial charge in [-0.1, -0.05) is 6.07 Å². The molecule has 4 nitrogen and oxygen atoms in total. The summed E-state index contributed by atoms with van der Waals surface area (Å²) in [5.41, 5.74) is 1.55. The van der Waals surface area contributed by atoms with Crippen LogP contribution >= 0.6 is 15.9 Å². The molecule has 104 valence electrons. The molecular weight excluding hydrogens is 320 g/mol. The van der Waals surface area contributed by atoms with Gasteiger partial charge in [0.15, 0.2) is 0 Å². The summed E-state index contributed by atoms with van der Waals surface area (Å²) in [6.07, 6.45) is 3.43. The van der Waals surface area contributed by atoms with Gasteiger partial charge < -0.3 is 10.1 Å². The van der Waals surface area contributed by atoms with Crippen molar-refractivity contribution in [2.75, 3.05) is 6.61 Å². The van der Waals surface area contributed by atoms with Gasteiger partial charge in [-0.3, -0.25) is 9.78 Å². The Morgan fingerprint density at radius 3 is 2.90 bits per heavy atom. The molecule has 0 saturated carbocycles. The minimum atomic E-state index is -0.127. The first-order valence-electron chi connectivity index (χ1n) is 6.30. The molecule has 2 rings (SSSR count). The fourth-order valence-electron chi connectivity index (χ4n) is 1.70. The standard InChI is InChI=1S/C15H15BrN2O2/c1-2-20-14-6-5-12(8-13(14)16)15(19)18-10-11-4-3-7-17-9-11/h3-9H,2,10H2,1H3,(H,18,19). The second kappa shape index (κ2) is 7.05. The topological polar surface area (TPSA) is 51.2 Å². The first-order chi connectivity index (χ1) is 9.70. The maximum absolute atomic E-state index is 12.0. The maximum Gasteiger partial charge on any atom is 0.251 e. The number of nitrogens with zero attached hydrogens (tertiary/aromatic N) is 1. The van der Waals surface area contributed by atoms with Crippen LogP contribution in [0.2, 0.25) is 0 Å². The Labute approximate surface area is 126 Å². The van der Waals surface area contributed by atoms with Crippen LogP contribution in [0.1, 0.15) is 22.8 Å². The number of rotatable bonds is 5. The average Bonchev–Trinajstić information content (AvgIpc) is 2.48. The van der Waals surface area contributed by atoms with Crippen LogP contribution in [0.5, 0.6) is 5.75 Å². The van der Waals surface area contributed by atoms with Crippen molar-refractivity contribution < 1.29 is 9.53 Å². The van der Waals surface area contributed by atoms with Crippen molar-refractivity contribution in [3.8, 4) is 5.75 Å². The van der Waals surface area contributed by atoms with Gasteiger partial charge in [-0.25, -0.2) is 0 Å². The monoisotopic (exact) mass is 334 g/mol. The van der Waals surface area contributed by atoms with E-state index in [1.165, 1.54) is 0 Å². The summed E-state index contributed by atoms with van der Waals surface area (Å²) in [5.74, 6) is 0.605. The largest absolute Gasteiger partial charge is 0.493 e. The highest BCUT2D eigenvalue weighted by atomic mass is 79.9. The molecule has 5 heteroatoms. The van der Waals surface area contributed by atoms with Gasteiger partial charge in [0.1, 0.15) is 5.75 Å². The molecule has 1 aromatic heterocycles. The van der Waals surface area contributed by atoms with Crippen LogP contribution in [0.15, 0.2) is 47.2 Å². The van der Waals surface area contributed by atoms with Crippen LogP contribution in [0.4, 0.5) is 0 Å². The summed E-state index contributed by atoms with van der Waals surface area (Å²) in [5, 5.41) is 2.85. The highest BCUT2D eigenvalue weighted by Crippen LogP contribution is 2.25. The lowest BCUT2D eigenvalue weighted by molar-refractivity contribution is 0.0951. The Morgan fingerprint density at radius 1 is 1.40 bits per heavy atom. The molecule has 0 aliphatic heterocycles. The molecule has 0 radical (unpaired) electrons. The number of aromatic nitrogens is 1. The summed E-state index contributed by atoms with van der Waals surface area (Å²) < 4.78 is 6.19. The Bertz CT molecular complexity index is 588. The molecule has 1 amide bonds. The van der Waals surface area contributed by atoms with Crippen LogP contribution in [-0.2, 0) is 6.54 Å². The highest BCUT2D eigenvalue weighted by Gasteiger charge is 2.08. The SMILES string of the molecule is CCOc1ccc(C(=O)NCc2cccnc2)cc1Br. The first-order valence-corrected chi connectivity index (χ1v) is 7.09. The van der Waals surface area contributed by atoms with Crippen LogP contribution in [0.3, 0.4) is 0 Å². The number of amides is 1. The van der Waals surface area contributed by atoms with E-state index in [0.717, 1.165) is 15.8 Å². The normalized spacial score (nSPS) is 10.1. The molecule has 1 heterocycles. The Morgan fingerprint density at radius 2 is 2.25 bits per heavy atom. The van der Waals surface area contributed by atoms with Gasteiger partial charge in [0.2, 0.25) is 0 Å². The Hall–Kier alpha value is -1.88. The zero-order valence-corrected chi connectivity index (χ0v) is 12.7. The minimum Gasteiger partial charge on any atom is -0.493 e. The van der Waals surface area contributed by atoms with E-state index in [4.69, 9.17) is 4.74 Å². The van der Waals surface area contributed by atoms with Crippen molar-refractivity contribution in [1.29, 1.82) is 0 Å². The average molecular weight is 335 g/mol. The smallest absolute Gasteiger partial charge is 0.251 e. The van der Waals surface area contributed by atoms with Crippen molar-refractivity contribution in [3.05, 3.63) is 58.3 Å². The summed E-state index contributed by atoms with van der Waals surface area (Å²) in [6.45, 7) is 2.96. The number of carbonyl (C=O) groups is 1. The van der Waals surface area contributed by atoms with E-state index in [0.29, 0.717) is 18.7 Å². The second-order valence-electron chi connectivity index (χ2n) is 4.12. The van der Waals surface area contributed by atoms with Crippen molar-refractivity contribution in [2.45, 2.75) is 13.5 Å². The number of hydrogen-bond donors (Lipinski definition) is 1. The van der Waals surface area contributed by atoms with Gasteiger partial charge in [-0.2, -0.15) is 0 Å². The number of carbonyl (C=O) groups excluding carboxylic acids is 1. The third-order valence-corrected chi connectivity index (χ3v) is 3.29. The van der Waals surface area contributed by atoms with Gasteiger partial charge >= 0.3 is 0 Å². The summed E-state index contributed by atoms with van der Waals surface area (Å²) >= 11 is 3.40. The molecule has 0 atom stereocenters. The van der Waals surface area contributed by atoms with Gasteiger partial charge in [0.25, 0.3) is 5.91 Å². The third-order valence-electron chi connectivity index (χ3n) is 2.67. The first kappa shape index (κ1) is 14.5. The summed E-state index contributed by atoms with van der Waals surface area (Å²) in [4.78, 5) is 16.1. The number of halogens is 1. The Kier molecular flexibility index (Phi) is 5.12. The van der Waals surface area contributed by atoms with Gasteiger partial charge in [0.05, 0.1) is 11.1 Å². The molecule has 0 unspecified atom stereocenters. The van der Waals surface area contributed by atoms with E-state index in [2.05, 4.69) is 26.2 Å². The molecule has 0 bridgehead atoms. The van der Waals surface area contributed by atoms with Crippen molar-refractivity contribution in [3.63, 3.8) is 0 Å². The van der Waals surface area contributed by atoms with Gasteiger partial charge in [-0.15, -0.1) is 0 Å². The number of ether oxygens (including phenoxy) is 1. The molecular formula is C15H15BrN2O2. The van der Waals surface area contributed by atoms with E-state index < -0.39 is 0 Å². The molecule has 20 heavy (non-hydrogen) atoms. The summed E-state index contributed by atoms with van der Waals surface area (Å²) in [7, 11) is 0. The highest BCUT2D eigenvalue weighted by molar-refractivity contribution is 9.10. The van der Waals surface area contributed by atoms with Crippen LogP contribution in [-0.4, -0.2) is 17.5 Å². The number of hydrogen-bond acceptors (Lipinski definition) is 3. The van der Waals surface area contributed by atoms with Crippen LogP contribution in [0, 0.1) is 0 Å². The second-order valence-corrected chi connectivity index (χ2v) is 4.98. The lowest BCUT2D eigenvalue weighted by Gasteiger charge is -2.08. The fourth-order valence-corrected chi connectivity index (χ4v) is 2.19. The molecule has 0 fully saturated rings. The molecule has 1 N–H and O–H groups in total. The zero-order valence-electron chi connectivity index (χ0n) is 11.1. The molecule has 0 aliphatic carbocycles. The predicted molar refractivity (Wildman–Crippen MR) is 80.7 cm³/mol. The van der Waals surface area contributed by atoms with Crippen molar-refractivity contribution >= 4 is 21.8 Å². The maximum atomic E-state index is 12.0. The lowest BCUT2D eigenvalue weighted by Crippen LogP contribution is -2.22. The Balaban J connectivity index is 2.00. The van der Waals surface area contributed by atoms with Crippen molar-refractivity contribution in [2.24, 2.45) is 0 Å². The van der Waals surface area contributed by atoms with Crippen molar-refractivity contribution in [1.82, 2.24) is 10.3 Å². The lowest BCUT2D eigenvalue weighted by atomic mass is 10.2. The molecule has 1 aromatic carbocycles. The van der Waals surface area contributed by atoms with Gasteiger partial charge in [-0.05, 0) is 52.7 Å². The number of nitrogens with one attached hydrogen (secondary N) is 1. The molecule has 0 aliphatic rings. The van der Waals surface area contributed by atoms with Gasteiger partial charge in [0, 0.05) is 24.5 Å². The van der Waals surface area contributed by atoms with E-state index in [-0.39, 0.29) is 5.91 Å².